The summed E-state index contributed by atoms with van der Waals surface area (Å²) in [5.41, 5.74) is 0.983. The van der Waals surface area contributed by atoms with Crippen LogP contribution in [0.15, 0.2) is 36.7 Å². The van der Waals surface area contributed by atoms with Crippen LogP contribution in [0.2, 0.25) is 0 Å². The van der Waals surface area contributed by atoms with Gasteiger partial charge in [-0.05, 0) is 12.1 Å². The molecule has 1 fully saturated rings. The zero-order valence-corrected chi connectivity index (χ0v) is 12.9. The van der Waals surface area contributed by atoms with Gasteiger partial charge in [-0.15, -0.1) is 34.4 Å². The molecule has 1 unspecified atom stereocenters. The number of carbonyl (C=O) groups is 1. The van der Waals surface area contributed by atoms with Crippen molar-refractivity contribution in [2.24, 2.45) is 0 Å². The number of para-hydroxylation sites is 1. The number of halogens is 1. The maximum atomic E-state index is 11.9. The second-order valence-electron chi connectivity index (χ2n) is 4.44. The molecule has 2 aromatic rings. The molecule has 1 atom stereocenters. The Hall–Kier alpha value is -1.57. The summed E-state index contributed by atoms with van der Waals surface area (Å²) < 4.78 is 1.87. The molecule has 1 aromatic heterocycles. The van der Waals surface area contributed by atoms with E-state index in [1.54, 1.807) is 18.1 Å². The number of nitrogens with one attached hydrogen (secondary N) is 2. The van der Waals surface area contributed by atoms with E-state index >= 15 is 0 Å². The SMILES string of the molecule is Cl.O=C(NCc1nncn1-c1ccccc1)C1CSCN1. The van der Waals surface area contributed by atoms with Gasteiger partial charge in [-0.3, -0.25) is 14.7 Å². The minimum absolute atomic E-state index is 0. The van der Waals surface area contributed by atoms with Crippen molar-refractivity contribution in [2.45, 2.75) is 12.6 Å². The van der Waals surface area contributed by atoms with Crippen molar-refractivity contribution in [1.29, 1.82) is 0 Å². The topological polar surface area (TPSA) is 71.8 Å². The highest BCUT2D eigenvalue weighted by atomic mass is 35.5. The average molecular weight is 326 g/mol. The molecule has 112 valence electrons. The molecule has 1 amide bonds. The first-order valence-electron chi connectivity index (χ1n) is 6.38. The molecule has 3 rings (SSSR count). The number of benzene rings is 1. The lowest BCUT2D eigenvalue weighted by Crippen LogP contribution is -2.41. The Morgan fingerprint density at radius 1 is 1.43 bits per heavy atom. The van der Waals surface area contributed by atoms with Crippen molar-refractivity contribution in [2.75, 3.05) is 11.6 Å². The summed E-state index contributed by atoms with van der Waals surface area (Å²) >= 11 is 1.73. The van der Waals surface area contributed by atoms with Crippen molar-refractivity contribution in [1.82, 2.24) is 25.4 Å². The summed E-state index contributed by atoms with van der Waals surface area (Å²) in [6.07, 6.45) is 1.65. The molecule has 1 saturated heterocycles. The molecule has 1 aliphatic rings. The van der Waals surface area contributed by atoms with Crippen LogP contribution in [-0.2, 0) is 11.3 Å². The molecular formula is C13H16ClN5OS. The van der Waals surface area contributed by atoms with Crippen molar-refractivity contribution in [3.8, 4) is 5.69 Å². The predicted octanol–water partition coefficient (Wildman–Crippen LogP) is 0.968. The van der Waals surface area contributed by atoms with Gasteiger partial charge in [0.1, 0.15) is 6.33 Å². The van der Waals surface area contributed by atoms with E-state index in [1.165, 1.54) is 0 Å². The van der Waals surface area contributed by atoms with E-state index in [4.69, 9.17) is 0 Å². The van der Waals surface area contributed by atoms with Crippen LogP contribution < -0.4 is 10.6 Å². The van der Waals surface area contributed by atoms with Gasteiger partial charge in [-0.2, -0.15) is 0 Å². The third-order valence-corrected chi connectivity index (χ3v) is 4.05. The van der Waals surface area contributed by atoms with E-state index in [2.05, 4.69) is 20.8 Å². The van der Waals surface area contributed by atoms with Crippen molar-refractivity contribution in [3.05, 3.63) is 42.5 Å². The average Bonchev–Trinajstić information content (AvgIpc) is 3.17. The van der Waals surface area contributed by atoms with Crippen molar-refractivity contribution < 1.29 is 4.79 Å². The van der Waals surface area contributed by atoms with E-state index in [0.717, 1.165) is 23.1 Å². The molecule has 0 spiro atoms. The fraction of sp³-hybridized carbons (Fsp3) is 0.308. The van der Waals surface area contributed by atoms with Gasteiger partial charge in [0.15, 0.2) is 5.82 Å². The van der Waals surface area contributed by atoms with Gasteiger partial charge in [0.25, 0.3) is 0 Å². The number of aromatic nitrogens is 3. The Balaban J connectivity index is 0.00000161. The highest BCUT2D eigenvalue weighted by molar-refractivity contribution is 7.99. The second kappa shape index (κ2) is 7.44. The Bertz CT molecular complexity index is 585. The number of hydrogen-bond donors (Lipinski definition) is 2. The van der Waals surface area contributed by atoms with E-state index in [1.807, 2.05) is 34.9 Å². The number of carbonyl (C=O) groups excluding carboxylic acids is 1. The molecule has 6 nitrogen and oxygen atoms in total. The van der Waals surface area contributed by atoms with Crippen LogP contribution in [0, 0.1) is 0 Å². The molecule has 1 aromatic carbocycles. The second-order valence-corrected chi connectivity index (χ2v) is 5.47. The van der Waals surface area contributed by atoms with Crippen molar-refractivity contribution in [3.63, 3.8) is 0 Å². The van der Waals surface area contributed by atoms with Gasteiger partial charge in [0.05, 0.1) is 12.6 Å². The molecule has 8 heteroatoms. The fourth-order valence-electron chi connectivity index (χ4n) is 2.04. The number of hydrogen-bond acceptors (Lipinski definition) is 5. The number of amides is 1. The molecule has 21 heavy (non-hydrogen) atoms. The Morgan fingerprint density at radius 3 is 2.95 bits per heavy atom. The molecule has 0 aliphatic carbocycles. The normalized spacial score (nSPS) is 17.2. The number of rotatable bonds is 4. The minimum atomic E-state index is -0.104. The van der Waals surface area contributed by atoms with Crippen LogP contribution in [0.4, 0.5) is 0 Å². The fourth-order valence-corrected chi connectivity index (χ4v) is 2.98. The first-order valence-corrected chi connectivity index (χ1v) is 7.53. The Labute approximate surface area is 133 Å². The molecule has 0 bridgehead atoms. The van der Waals surface area contributed by atoms with E-state index in [9.17, 15) is 4.79 Å². The largest absolute Gasteiger partial charge is 0.347 e. The smallest absolute Gasteiger partial charge is 0.238 e. The quantitative estimate of drug-likeness (QED) is 0.876. The standard InChI is InChI=1S/C13H15N5OS.ClH/c19-13(11-7-20-9-15-11)14-6-12-17-16-8-18(12)10-4-2-1-3-5-10;/h1-5,8,11,15H,6-7,9H2,(H,14,19);1H. The lowest BCUT2D eigenvalue weighted by atomic mass is 10.3. The van der Waals surface area contributed by atoms with Crippen LogP contribution >= 0.6 is 24.2 Å². The van der Waals surface area contributed by atoms with Gasteiger partial charge in [0, 0.05) is 17.3 Å². The van der Waals surface area contributed by atoms with Crippen LogP contribution in [0.25, 0.3) is 5.69 Å². The van der Waals surface area contributed by atoms with E-state index in [-0.39, 0.29) is 24.4 Å². The van der Waals surface area contributed by atoms with E-state index in [0.29, 0.717) is 6.54 Å². The van der Waals surface area contributed by atoms with Gasteiger partial charge < -0.3 is 5.32 Å². The molecule has 2 heterocycles. The van der Waals surface area contributed by atoms with Crippen LogP contribution in [-0.4, -0.2) is 38.3 Å². The minimum Gasteiger partial charge on any atom is -0.347 e. The molecule has 0 saturated carbocycles. The maximum absolute atomic E-state index is 11.9. The Morgan fingerprint density at radius 2 is 2.24 bits per heavy atom. The summed E-state index contributed by atoms with van der Waals surface area (Å²) in [4.78, 5) is 11.9. The van der Waals surface area contributed by atoms with Crippen molar-refractivity contribution >= 4 is 30.1 Å². The monoisotopic (exact) mass is 325 g/mol. The number of nitrogens with zero attached hydrogens (tertiary/aromatic N) is 3. The molecule has 0 radical (unpaired) electrons. The zero-order chi connectivity index (χ0) is 13.8. The summed E-state index contributed by atoms with van der Waals surface area (Å²) in [7, 11) is 0. The summed E-state index contributed by atoms with van der Waals surface area (Å²) in [5.74, 6) is 2.38. The van der Waals surface area contributed by atoms with Crippen LogP contribution in [0.1, 0.15) is 5.82 Å². The molecule has 2 N–H and O–H groups in total. The van der Waals surface area contributed by atoms with Gasteiger partial charge in [0.2, 0.25) is 5.91 Å². The zero-order valence-electron chi connectivity index (χ0n) is 11.2. The van der Waals surface area contributed by atoms with E-state index < -0.39 is 0 Å². The maximum Gasteiger partial charge on any atom is 0.238 e. The molecular weight excluding hydrogens is 310 g/mol. The first-order chi connectivity index (χ1) is 9.84. The third kappa shape index (κ3) is 3.75. The molecule has 1 aliphatic heterocycles. The van der Waals surface area contributed by atoms with Gasteiger partial charge >= 0.3 is 0 Å². The lowest BCUT2D eigenvalue weighted by molar-refractivity contribution is -0.122. The van der Waals surface area contributed by atoms with Gasteiger partial charge in [-0.1, -0.05) is 18.2 Å². The van der Waals surface area contributed by atoms with Crippen LogP contribution in [0.3, 0.4) is 0 Å². The van der Waals surface area contributed by atoms with Gasteiger partial charge in [-0.25, -0.2) is 0 Å². The summed E-state index contributed by atoms with van der Waals surface area (Å²) in [5, 5.41) is 14.0. The summed E-state index contributed by atoms with van der Waals surface area (Å²) in [6.45, 7) is 0.372. The third-order valence-electron chi connectivity index (χ3n) is 3.11. The first kappa shape index (κ1) is 15.8. The van der Waals surface area contributed by atoms with Crippen LogP contribution in [0.5, 0.6) is 0 Å². The number of thioether (sulfide) groups is 1. The Kier molecular flexibility index (Phi) is 5.60. The highest BCUT2D eigenvalue weighted by Gasteiger charge is 2.22. The predicted molar refractivity (Wildman–Crippen MR) is 84.7 cm³/mol. The summed E-state index contributed by atoms with van der Waals surface area (Å²) in [6, 6.07) is 9.72. The highest BCUT2D eigenvalue weighted by Crippen LogP contribution is 2.11. The lowest BCUT2D eigenvalue weighted by Gasteiger charge is -2.11.